The summed E-state index contributed by atoms with van der Waals surface area (Å²) in [7, 11) is 1.38. The smallest absolute Gasteiger partial charge is 0.328 e. The van der Waals surface area contributed by atoms with Gasteiger partial charge in [0.2, 0.25) is 5.91 Å². The van der Waals surface area contributed by atoms with Gasteiger partial charge in [0.1, 0.15) is 6.04 Å². The number of hydrogen-bond acceptors (Lipinski definition) is 4. The van der Waals surface area contributed by atoms with Gasteiger partial charge in [-0.1, -0.05) is 6.42 Å². The van der Waals surface area contributed by atoms with Crippen LogP contribution in [0.15, 0.2) is 0 Å². The monoisotopic (exact) mass is 294 g/mol. The van der Waals surface area contributed by atoms with Crippen LogP contribution in [0.3, 0.4) is 0 Å². The number of rotatable bonds is 4. The van der Waals surface area contributed by atoms with Gasteiger partial charge in [-0.3, -0.25) is 4.79 Å². The van der Waals surface area contributed by atoms with E-state index in [0.29, 0.717) is 11.8 Å². The zero-order chi connectivity index (χ0) is 15.0. The van der Waals surface area contributed by atoms with Crippen molar-refractivity contribution >= 4 is 11.9 Å². The van der Waals surface area contributed by atoms with E-state index in [1.54, 1.807) is 0 Å². The van der Waals surface area contributed by atoms with E-state index in [1.807, 2.05) is 0 Å². The van der Waals surface area contributed by atoms with Crippen LogP contribution in [0.1, 0.15) is 44.9 Å². The summed E-state index contributed by atoms with van der Waals surface area (Å²) >= 11 is 0. The molecule has 3 unspecified atom stereocenters. The van der Waals surface area contributed by atoms with Crippen molar-refractivity contribution in [2.24, 2.45) is 29.4 Å². The molecule has 3 aliphatic rings. The molecule has 3 N–H and O–H groups in total. The SMILES string of the molecule is COC(=O)C(NC(=O)C1CC2CCCC(C1)C2N)C1CC1. The number of methoxy groups -OCH3 is 1. The molecule has 0 radical (unpaired) electrons. The van der Waals surface area contributed by atoms with E-state index in [1.165, 1.54) is 13.5 Å². The predicted molar refractivity (Wildman–Crippen MR) is 78.2 cm³/mol. The highest BCUT2D eigenvalue weighted by atomic mass is 16.5. The topological polar surface area (TPSA) is 81.4 Å². The molecule has 3 rings (SSSR count). The third-order valence-corrected chi connectivity index (χ3v) is 5.63. The van der Waals surface area contributed by atoms with Crippen LogP contribution in [0.2, 0.25) is 0 Å². The van der Waals surface area contributed by atoms with E-state index in [2.05, 4.69) is 5.32 Å². The maximum absolute atomic E-state index is 12.5. The van der Waals surface area contributed by atoms with Crippen LogP contribution in [0, 0.1) is 23.7 Å². The summed E-state index contributed by atoms with van der Waals surface area (Å²) in [5.74, 6) is 0.967. The molecular weight excluding hydrogens is 268 g/mol. The maximum atomic E-state index is 12.5. The quantitative estimate of drug-likeness (QED) is 0.764. The van der Waals surface area contributed by atoms with Gasteiger partial charge in [-0.05, 0) is 56.3 Å². The lowest BCUT2D eigenvalue weighted by molar-refractivity contribution is -0.146. The first kappa shape index (κ1) is 14.8. The van der Waals surface area contributed by atoms with Crippen LogP contribution < -0.4 is 11.1 Å². The van der Waals surface area contributed by atoms with Gasteiger partial charge in [0.25, 0.3) is 0 Å². The molecule has 21 heavy (non-hydrogen) atoms. The molecule has 3 fully saturated rings. The van der Waals surface area contributed by atoms with Gasteiger partial charge < -0.3 is 15.8 Å². The second-order valence-corrected chi connectivity index (χ2v) is 7.04. The molecule has 0 aromatic heterocycles. The lowest BCUT2D eigenvalue weighted by Crippen LogP contribution is -2.51. The Morgan fingerprint density at radius 2 is 1.76 bits per heavy atom. The summed E-state index contributed by atoms with van der Waals surface area (Å²) in [5.41, 5.74) is 6.27. The van der Waals surface area contributed by atoms with Crippen LogP contribution >= 0.6 is 0 Å². The molecule has 0 aliphatic heterocycles. The van der Waals surface area contributed by atoms with E-state index in [9.17, 15) is 9.59 Å². The summed E-state index contributed by atoms with van der Waals surface area (Å²) in [6.07, 6.45) is 7.28. The fourth-order valence-corrected chi connectivity index (χ4v) is 4.20. The van der Waals surface area contributed by atoms with E-state index in [4.69, 9.17) is 10.5 Å². The van der Waals surface area contributed by atoms with E-state index in [0.717, 1.165) is 38.5 Å². The first-order valence-electron chi connectivity index (χ1n) is 8.24. The number of nitrogens with one attached hydrogen (secondary N) is 1. The van der Waals surface area contributed by atoms with Crippen LogP contribution in [0.25, 0.3) is 0 Å². The largest absolute Gasteiger partial charge is 0.467 e. The standard InChI is InChI=1S/C16H26N2O3/c1-21-16(20)14(9-5-6-9)18-15(19)12-7-10-3-2-4-11(8-12)13(10)17/h9-14H,2-8,17H2,1H3,(H,18,19). The van der Waals surface area contributed by atoms with Gasteiger partial charge in [-0.15, -0.1) is 0 Å². The molecule has 118 valence electrons. The highest BCUT2D eigenvalue weighted by molar-refractivity contribution is 5.86. The van der Waals surface area contributed by atoms with Gasteiger partial charge in [0.15, 0.2) is 0 Å². The van der Waals surface area contributed by atoms with Crippen LogP contribution in [0.5, 0.6) is 0 Å². The first-order chi connectivity index (χ1) is 10.1. The Morgan fingerprint density at radius 3 is 2.29 bits per heavy atom. The first-order valence-corrected chi connectivity index (χ1v) is 8.24. The van der Waals surface area contributed by atoms with Crippen molar-refractivity contribution < 1.29 is 14.3 Å². The van der Waals surface area contributed by atoms with Crippen LogP contribution in [0.4, 0.5) is 0 Å². The Morgan fingerprint density at radius 1 is 1.14 bits per heavy atom. The number of amides is 1. The van der Waals surface area contributed by atoms with Crippen molar-refractivity contribution in [2.45, 2.75) is 57.0 Å². The summed E-state index contributed by atoms with van der Waals surface area (Å²) in [5, 5.41) is 2.95. The average molecular weight is 294 g/mol. The second-order valence-electron chi connectivity index (χ2n) is 7.04. The zero-order valence-electron chi connectivity index (χ0n) is 12.7. The number of ether oxygens (including phenoxy) is 1. The number of hydrogen-bond donors (Lipinski definition) is 2. The Balaban J connectivity index is 1.61. The minimum absolute atomic E-state index is 0.0195. The average Bonchev–Trinajstić information content (AvgIpc) is 3.28. The molecule has 0 saturated heterocycles. The molecule has 3 saturated carbocycles. The van der Waals surface area contributed by atoms with Crippen LogP contribution in [-0.2, 0) is 14.3 Å². The molecule has 1 amide bonds. The molecule has 3 aliphatic carbocycles. The minimum atomic E-state index is -0.446. The number of fused-ring (bicyclic) bond motifs is 2. The lowest BCUT2D eigenvalue weighted by atomic mass is 9.65. The number of esters is 1. The summed E-state index contributed by atoms with van der Waals surface area (Å²) in [6, 6.07) is -0.180. The minimum Gasteiger partial charge on any atom is -0.467 e. The fraction of sp³-hybridized carbons (Fsp3) is 0.875. The highest BCUT2D eigenvalue weighted by Crippen LogP contribution is 2.42. The van der Waals surface area contributed by atoms with Crippen molar-refractivity contribution in [2.75, 3.05) is 7.11 Å². The Hall–Kier alpha value is -1.10. The van der Waals surface area contributed by atoms with Crippen molar-refractivity contribution in [1.29, 1.82) is 0 Å². The summed E-state index contributed by atoms with van der Waals surface area (Å²) in [6.45, 7) is 0. The molecule has 5 heteroatoms. The summed E-state index contributed by atoms with van der Waals surface area (Å²) in [4.78, 5) is 24.3. The third-order valence-electron chi connectivity index (χ3n) is 5.63. The van der Waals surface area contributed by atoms with E-state index < -0.39 is 6.04 Å². The molecule has 3 atom stereocenters. The van der Waals surface area contributed by atoms with E-state index >= 15 is 0 Å². The zero-order valence-corrected chi connectivity index (χ0v) is 12.7. The fourth-order valence-electron chi connectivity index (χ4n) is 4.20. The Labute approximate surface area is 126 Å². The van der Waals surface area contributed by atoms with Crippen molar-refractivity contribution in [3.05, 3.63) is 0 Å². The number of carbonyl (C=O) groups is 2. The van der Waals surface area contributed by atoms with Gasteiger partial charge >= 0.3 is 5.97 Å². The molecule has 2 bridgehead atoms. The Bertz CT molecular complexity index is 408. The van der Waals surface area contributed by atoms with E-state index in [-0.39, 0.29) is 29.8 Å². The van der Waals surface area contributed by atoms with Gasteiger partial charge in [-0.25, -0.2) is 4.79 Å². The molecule has 0 aromatic rings. The maximum Gasteiger partial charge on any atom is 0.328 e. The number of nitrogens with two attached hydrogens (primary N) is 1. The molecule has 0 heterocycles. The highest BCUT2D eigenvalue weighted by Gasteiger charge is 2.43. The molecule has 0 spiro atoms. The predicted octanol–water partition coefficient (Wildman–Crippen LogP) is 1.21. The molecule has 5 nitrogen and oxygen atoms in total. The van der Waals surface area contributed by atoms with Gasteiger partial charge in [0.05, 0.1) is 7.11 Å². The van der Waals surface area contributed by atoms with Crippen molar-refractivity contribution in [3.63, 3.8) is 0 Å². The normalized spacial score (nSPS) is 36.7. The van der Waals surface area contributed by atoms with Crippen molar-refractivity contribution in [3.8, 4) is 0 Å². The summed E-state index contributed by atoms with van der Waals surface area (Å²) < 4.78 is 4.82. The lowest BCUT2D eigenvalue weighted by Gasteiger charge is -2.43. The third kappa shape index (κ3) is 3.07. The molecular formula is C16H26N2O3. The second kappa shape index (κ2) is 5.95. The molecule has 0 aromatic carbocycles. The van der Waals surface area contributed by atoms with Gasteiger partial charge in [0, 0.05) is 12.0 Å². The van der Waals surface area contributed by atoms with Crippen molar-refractivity contribution in [1.82, 2.24) is 5.32 Å². The number of carbonyl (C=O) groups excluding carboxylic acids is 2. The van der Waals surface area contributed by atoms with Gasteiger partial charge in [-0.2, -0.15) is 0 Å². The Kier molecular flexibility index (Phi) is 4.20. The van der Waals surface area contributed by atoms with Crippen LogP contribution in [-0.4, -0.2) is 31.1 Å².